The topological polar surface area (TPSA) is 42.7 Å². The van der Waals surface area contributed by atoms with E-state index in [0.717, 1.165) is 29.0 Å². The zero-order chi connectivity index (χ0) is 13.4. The highest BCUT2D eigenvalue weighted by molar-refractivity contribution is 7.10. The monoisotopic (exact) mass is 272 g/mol. The number of nitrogens with one attached hydrogen (secondary N) is 1. The Labute approximate surface area is 116 Å². The van der Waals surface area contributed by atoms with Crippen molar-refractivity contribution in [1.82, 2.24) is 14.8 Å². The summed E-state index contributed by atoms with van der Waals surface area (Å²) in [6.07, 6.45) is 1.87. The normalized spacial score (nSPS) is 11.1. The third kappa shape index (κ3) is 2.21. The van der Waals surface area contributed by atoms with E-state index in [4.69, 9.17) is 0 Å². The Morgan fingerprint density at radius 2 is 2.21 bits per heavy atom. The van der Waals surface area contributed by atoms with Gasteiger partial charge in [-0.05, 0) is 36.9 Å². The fourth-order valence-electron chi connectivity index (χ4n) is 2.17. The zero-order valence-corrected chi connectivity index (χ0v) is 12.1. The molecule has 0 fully saturated rings. The highest BCUT2D eigenvalue weighted by Gasteiger charge is 2.07. The molecule has 0 saturated heterocycles. The van der Waals surface area contributed by atoms with Crippen LogP contribution in [0.25, 0.3) is 11.0 Å². The van der Waals surface area contributed by atoms with Crippen LogP contribution in [0.3, 0.4) is 0 Å². The van der Waals surface area contributed by atoms with Crippen LogP contribution in [0.15, 0.2) is 23.7 Å². The molecular formula is C14H16N4S. The largest absolute Gasteiger partial charge is 0.379 e. The lowest BCUT2D eigenvalue weighted by molar-refractivity contribution is 0.774. The minimum Gasteiger partial charge on any atom is -0.379 e. The van der Waals surface area contributed by atoms with Gasteiger partial charge in [-0.25, -0.2) is 4.98 Å². The Hall–Kier alpha value is -1.88. The number of rotatable bonds is 3. The summed E-state index contributed by atoms with van der Waals surface area (Å²) in [5.41, 5.74) is 4.32. The number of thiophene rings is 1. The lowest BCUT2D eigenvalue weighted by Crippen LogP contribution is -1.99. The molecule has 0 spiro atoms. The number of aryl methyl sites for hydroxylation is 3. The summed E-state index contributed by atoms with van der Waals surface area (Å²) < 4.78 is 1.82. The zero-order valence-electron chi connectivity index (χ0n) is 11.3. The van der Waals surface area contributed by atoms with Gasteiger partial charge < -0.3 is 5.32 Å². The van der Waals surface area contributed by atoms with Gasteiger partial charge >= 0.3 is 0 Å². The fraction of sp³-hybridized carbons (Fsp3) is 0.286. The van der Waals surface area contributed by atoms with Gasteiger partial charge in [-0.2, -0.15) is 5.10 Å². The minimum atomic E-state index is 0.843. The van der Waals surface area contributed by atoms with Gasteiger partial charge in [-0.1, -0.05) is 0 Å². The molecule has 19 heavy (non-hydrogen) atoms. The average Bonchev–Trinajstić information content (AvgIpc) is 2.92. The standard InChI is InChI=1S/C14H16N4S/c1-9-4-5-19-13(9)8-15-11-6-12-10(2)17-18(3)14(12)16-7-11/h4-7,15H,8H2,1-3H3. The summed E-state index contributed by atoms with van der Waals surface area (Å²) in [4.78, 5) is 5.83. The van der Waals surface area contributed by atoms with Gasteiger partial charge in [0.1, 0.15) is 0 Å². The van der Waals surface area contributed by atoms with Crippen LogP contribution in [0.2, 0.25) is 0 Å². The van der Waals surface area contributed by atoms with Crippen LogP contribution in [-0.2, 0) is 13.6 Å². The lowest BCUT2D eigenvalue weighted by Gasteiger charge is -2.05. The molecule has 98 valence electrons. The Kier molecular flexibility index (Phi) is 2.98. The molecule has 3 rings (SSSR count). The lowest BCUT2D eigenvalue weighted by atomic mass is 10.2. The number of nitrogens with zero attached hydrogens (tertiary/aromatic N) is 3. The summed E-state index contributed by atoms with van der Waals surface area (Å²) in [5.74, 6) is 0. The van der Waals surface area contributed by atoms with Crippen LogP contribution in [0.4, 0.5) is 5.69 Å². The first-order chi connectivity index (χ1) is 9.15. The first-order valence-corrected chi connectivity index (χ1v) is 7.09. The van der Waals surface area contributed by atoms with Crippen molar-refractivity contribution >= 4 is 28.1 Å². The molecule has 3 heterocycles. The fourth-order valence-corrected chi connectivity index (χ4v) is 3.02. The predicted molar refractivity (Wildman–Crippen MR) is 79.6 cm³/mol. The Bertz CT molecular complexity index is 726. The van der Waals surface area contributed by atoms with Crippen LogP contribution in [0, 0.1) is 13.8 Å². The van der Waals surface area contributed by atoms with Gasteiger partial charge in [-0.15, -0.1) is 11.3 Å². The van der Waals surface area contributed by atoms with Crippen LogP contribution < -0.4 is 5.32 Å². The third-order valence-electron chi connectivity index (χ3n) is 3.28. The number of hydrogen-bond donors (Lipinski definition) is 1. The molecule has 0 amide bonds. The van der Waals surface area contributed by atoms with E-state index >= 15 is 0 Å². The van der Waals surface area contributed by atoms with Crippen LogP contribution in [0.5, 0.6) is 0 Å². The van der Waals surface area contributed by atoms with Crippen molar-refractivity contribution < 1.29 is 0 Å². The summed E-state index contributed by atoms with van der Waals surface area (Å²) in [7, 11) is 1.92. The van der Waals surface area contributed by atoms with Crippen molar-refractivity contribution in [3.05, 3.63) is 39.8 Å². The van der Waals surface area contributed by atoms with Crippen LogP contribution in [0.1, 0.15) is 16.1 Å². The molecule has 0 bridgehead atoms. The second kappa shape index (κ2) is 4.66. The molecule has 0 aliphatic rings. The molecular weight excluding hydrogens is 256 g/mol. The SMILES string of the molecule is Cc1ccsc1CNc1cnc2c(c1)c(C)nn2C. The van der Waals surface area contributed by atoms with Gasteiger partial charge in [0.25, 0.3) is 0 Å². The molecule has 0 aromatic carbocycles. The molecule has 0 unspecified atom stereocenters. The maximum absolute atomic E-state index is 4.47. The summed E-state index contributed by atoms with van der Waals surface area (Å²) >= 11 is 1.78. The maximum Gasteiger partial charge on any atom is 0.157 e. The summed E-state index contributed by atoms with van der Waals surface area (Å²) in [6, 6.07) is 4.27. The number of fused-ring (bicyclic) bond motifs is 1. The molecule has 1 N–H and O–H groups in total. The maximum atomic E-state index is 4.47. The molecule has 5 heteroatoms. The van der Waals surface area contributed by atoms with Gasteiger partial charge in [0.05, 0.1) is 17.6 Å². The smallest absolute Gasteiger partial charge is 0.157 e. The number of anilines is 1. The molecule has 0 radical (unpaired) electrons. The van der Waals surface area contributed by atoms with Crippen molar-refractivity contribution in [3.63, 3.8) is 0 Å². The van der Waals surface area contributed by atoms with Crippen molar-refractivity contribution in [2.24, 2.45) is 7.05 Å². The Morgan fingerprint density at radius 3 is 2.95 bits per heavy atom. The van der Waals surface area contributed by atoms with E-state index in [0.29, 0.717) is 0 Å². The highest BCUT2D eigenvalue weighted by atomic mass is 32.1. The average molecular weight is 272 g/mol. The van der Waals surface area contributed by atoms with E-state index in [2.05, 4.69) is 39.8 Å². The molecule has 0 atom stereocenters. The molecule has 4 nitrogen and oxygen atoms in total. The Balaban J connectivity index is 1.86. The summed E-state index contributed by atoms with van der Waals surface area (Å²) in [5, 5.41) is 11.0. The number of hydrogen-bond acceptors (Lipinski definition) is 4. The van der Waals surface area contributed by atoms with Crippen molar-refractivity contribution in [2.45, 2.75) is 20.4 Å². The molecule has 0 aliphatic carbocycles. The van der Waals surface area contributed by atoms with Crippen molar-refractivity contribution in [3.8, 4) is 0 Å². The Morgan fingerprint density at radius 1 is 1.37 bits per heavy atom. The third-order valence-corrected chi connectivity index (χ3v) is 4.31. The van der Waals surface area contributed by atoms with E-state index in [9.17, 15) is 0 Å². The second-order valence-corrected chi connectivity index (χ2v) is 5.69. The van der Waals surface area contributed by atoms with Crippen LogP contribution in [-0.4, -0.2) is 14.8 Å². The number of pyridine rings is 1. The highest BCUT2D eigenvalue weighted by Crippen LogP contribution is 2.21. The predicted octanol–water partition coefficient (Wildman–Crippen LogP) is 3.26. The molecule has 3 aromatic heterocycles. The van der Waals surface area contributed by atoms with Gasteiger partial charge in [0.15, 0.2) is 5.65 Å². The van der Waals surface area contributed by atoms with E-state index < -0.39 is 0 Å². The minimum absolute atomic E-state index is 0.843. The second-order valence-electron chi connectivity index (χ2n) is 4.68. The number of aromatic nitrogens is 3. The van der Waals surface area contributed by atoms with Crippen molar-refractivity contribution in [1.29, 1.82) is 0 Å². The summed E-state index contributed by atoms with van der Waals surface area (Å²) in [6.45, 7) is 4.99. The van der Waals surface area contributed by atoms with E-state index in [1.54, 1.807) is 11.3 Å². The van der Waals surface area contributed by atoms with E-state index in [-0.39, 0.29) is 0 Å². The molecule has 0 saturated carbocycles. The van der Waals surface area contributed by atoms with E-state index in [1.807, 2.05) is 24.9 Å². The first-order valence-electron chi connectivity index (χ1n) is 6.21. The van der Waals surface area contributed by atoms with Gasteiger partial charge in [0.2, 0.25) is 0 Å². The van der Waals surface area contributed by atoms with Gasteiger partial charge in [0, 0.05) is 23.9 Å². The molecule has 3 aromatic rings. The quantitative estimate of drug-likeness (QED) is 0.796. The molecule has 0 aliphatic heterocycles. The van der Waals surface area contributed by atoms with Crippen LogP contribution >= 0.6 is 11.3 Å². The van der Waals surface area contributed by atoms with Crippen molar-refractivity contribution in [2.75, 3.05) is 5.32 Å². The van der Waals surface area contributed by atoms with E-state index in [1.165, 1.54) is 10.4 Å². The van der Waals surface area contributed by atoms with Gasteiger partial charge in [-0.3, -0.25) is 4.68 Å². The first kappa shape index (κ1) is 12.2.